The SMILES string of the molecule is C/C(=N\c1c(C)ncnc1N1/C=C/C=C\C=C\CC1C)C(=O)NC1CCNCC1. The first-order valence-corrected chi connectivity index (χ1v) is 10.2. The molecule has 0 aliphatic carbocycles. The highest BCUT2D eigenvalue weighted by atomic mass is 16.1. The van der Waals surface area contributed by atoms with Gasteiger partial charge in [0.1, 0.15) is 17.7 Å². The minimum atomic E-state index is -0.134. The van der Waals surface area contributed by atoms with Crippen molar-refractivity contribution in [2.75, 3.05) is 18.0 Å². The van der Waals surface area contributed by atoms with Crippen LogP contribution in [-0.4, -0.2) is 46.8 Å². The van der Waals surface area contributed by atoms with E-state index in [0.29, 0.717) is 17.2 Å². The zero-order valence-electron chi connectivity index (χ0n) is 17.4. The summed E-state index contributed by atoms with van der Waals surface area (Å²) >= 11 is 0. The first-order chi connectivity index (χ1) is 14.1. The molecule has 29 heavy (non-hydrogen) atoms. The first kappa shape index (κ1) is 20.9. The lowest BCUT2D eigenvalue weighted by Gasteiger charge is -2.27. The van der Waals surface area contributed by atoms with Gasteiger partial charge in [0.15, 0.2) is 5.82 Å². The number of aliphatic imine (C=N–C) groups is 1. The molecular weight excluding hydrogens is 364 g/mol. The summed E-state index contributed by atoms with van der Waals surface area (Å²) in [5, 5.41) is 6.40. The zero-order chi connectivity index (χ0) is 20.6. The van der Waals surface area contributed by atoms with Gasteiger partial charge in [-0.15, -0.1) is 0 Å². The summed E-state index contributed by atoms with van der Waals surface area (Å²) in [6, 6.07) is 0.385. The van der Waals surface area contributed by atoms with Crippen LogP contribution >= 0.6 is 0 Å². The number of aryl methyl sites for hydroxylation is 1. The Morgan fingerprint density at radius 3 is 2.76 bits per heavy atom. The quantitative estimate of drug-likeness (QED) is 0.767. The normalized spacial score (nSPS) is 24.2. The van der Waals surface area contributed by atoms with Crippen LogP contribution in [0.15, 0.2) is 47.9 Å². The summed E-state index contributed by atoms with van der Waals surface area (Å²) in [5.74, 6) is 0.573. The van der Waals surface area contributed by atoms with Gasteiger partial charge in [-0.3, -0.25) is 4.79 Å². The van der Waals surface area contributed by atoms with Gasteiger partial charge in [0.2, 0.25) is 0 Å². The topological polar surface area (TPSA) is 82.5 Å². The smallest absolute Gasteiger partial charge is 0.265 e. The van der Waals surface area contributed by atoms with Gasteiger partial charge >= 0.3 is 0 Å². The third kappa shape index (κ3) is 5.60. The molecule has 0 aromatic carbocycles. The molecule has 1 saturated heterocycles. The second kappa shape index (κ2) is 10.1. The van der Waals surface area contributed by atoms with Crippen LogP contribution in [0.5, 0.6) is 0 Å². The summed E-state index contributed by atoms with van der Waals surface area (Å²) < 4.78 is 0. The Morgan fingerprint density at radius 1 is 1.21 bits per heavy atom. The molecular formula is C22H30N6O. The average Bonchev–Trinajstić information content (AvgIpc) is 2.82. The molecule has 3 rings (SSSR count). The maximum absolute atomic E-state index is 12.7. The van der Waals surface area contributed by atoms with Crippen molar-refractivity contribution in [2.45, 2.75) is 52.1 Å². The minimum absolute atomic E-state index is 0.134. The standard InChI is InChI=1S/C22H30N6O/c1-16-9-7-5-4-6-8-14-28(16)21-20(17(2)24-15-25-21)26-18(3)22(29)27-19-10-12-23-13-11-19/h4-8,14-16,19,23H,9-13H2,1-3H3,(H,27,29)/b6-4-,7-5+,14-8+,26-18+. The Bertz CT molecular complexity index is 836. The number of hydrogen-bond donors (Lipinski definition) is 2. The number of amides is 1. The second-order valence-corrected chi connectivity index (χ2v) is 7.47. The molecule has 2 aliphatic rings. The van der Waals surface area contributed by atoms with Crippen molar-refractivity contribution in [3.05, 3.63) is 48.6 Å². The number of nitrogens with zero attached hydrogens (tertiary/aromatic N) is 4. The first-order valence-electron chi connectivity index (χ1n) is 10.2. The molecule has 0 saturated carbocycles. The highest BCUT2D eigenvalue weighted by Crippen LogP contribution is 2.31. The fraction of sp³-hybridized carbons (Fsp3) is 0.455. The van der Waals surface area contributed by atoms with Crippen molar-refractivity contribution in [2.24, 2.45) is 4.99 Å². The van der Waals surface area contributed by atoms with Gasteiger partial charge < -0.3 is 15.5 Å². The number of anilines is 1. The molecule has 0 spiro atoms. The Morgan fingerprint density at radius 2 is 1.97 bits per heavy atom. The van der Waals surface area contributed by atoms with Gasteiger partial charge in [0.25, 0.3) is 5.91 Å². The molecule has 1 fully saturated rings. The molecule has 2 N–H and O–H groups in total. The fourth-order valence-electron chi connectivity index (χ4n) is 3.41. The molecule has 1 amide bonds. The number of hydrogen-bond acceptors (Lipinski definition) is 6. The van der Waals surface area contributed by atoms with Crippen LogP contribution in [0, 0.1) is 6.92 Å². The van der Waals surface area contributed by atoms with Gasteiger partial charge in [-0.05, 0) is 59.2 Å². The average molecular weight is 395 g/mol. The number of aromatic nitrogens is 2. The predicted octanol–water partition coefficient (Wildman–Crippen LogP) is 2.97. The van der Waals surface area contributed by atoms with E-state index in [1.54, 1.807) is 13.3 Å². The monoisotopic (exact) mass is 394 g/mol. The molecule has 3 heterocycles. The number of carbonyl (C=O) groups excluding carboxylic acids is 1. The minimum Gasteiger partial charge on any atom is -0.348 e. The van der Waals surface area contributed by atoms with Crippen molar-refractivity contribution in [1.82, 2.24) is 20.6 Å². The maximum atomic E-state index is 12.7. The van der Waals surface area contributed by atoms with Crippen LogP contribution in [0.25, 0.3) is 0 Å². The van der Waals surface area contributed by atoms with Crippen molar-refractivity contribution in [3.8, 4) is 0 Å². The van der Waals surface area contributed by atoms with E-state index in [-0.39, 0.29) is 18.0 Å². The van der Waals surface area contributed by atoms with E-state index in [0.717, 1.165) is 38.0 Å². The van der Waals surface area contributed by atoms with Crippen LogP contribution in [0.3, 0.4) is 0 Å². The highest BCUT2D eigenvalue weighted by molar-refractivity contribution is 6.38. The molecule has 154 valence electrons. The van der Waals surface area contributed by atoms with Gasteiger partial charge in [-0.2, -0.15) is 0 Å². The number of piperidine rings is 1. The molecule has 1 atom stereocenters. The van der Waals surface area contributed by atoms with Crippen LogP contribution in [0.1, 0.15) is 38.8 Å². The van der Waals surface area contributed by atoms with Crippen LogP contribution in [-0.2, 0) is 4.79 Å². The number of allylic oxidation sites excluding steroid dienone is 4. The second-order valence-electron chi connectivity index (χ2n) is 7.47. The lowest BCUT2D eigenvalue weighted by Crippen LogP contribution is -2.44. The largest absolute Gasteiger partial charge is 0.348 e. The fourth-order valence-corrected chi connectivity index (χ4v) is 3.41. The molecule has 7 nitrogen and oxygen atoms in total. The van der Waals surface area contributed by atoms with E-state index in [1.807, 2.05) is 37.4 Å². The molecule has 2 aliphatic heterocycles. The Balaban J connectivity index is 1.87. The number of carbonyl (C=O) groups is 1. The van der Waals surface area contributed by atoms with Crippen molar-refractivity contribution in [1.29, 1.82) is 0 Å². The Hall–Kier alpha value is -2.80. The third-order valence-electron chi connectivity index (χ3n) is 5.18. The number of nitrogens with one attached hydrogen (secondary N) is 2. The van der Waals surface area contributed by atoms with E-state index in [1.165, 1.54) is 0 Å². The molecule has 1 aromatic rings. The van der Waals surface area contributed by atoms with Crippen LogP contribution in [0.4, 0.5) is 11.5 Å². The third-order valence-corrected chi connectivity index (χ3v) is 5.18. The molecule has 0 radical (unpaired) electrons. The summed E-state index contributed by atoms with van der Waals surface area (Å²) in [4.78, 5) is 28.3. The van der Waals surface area contributed by atoms with Crippen molar-refractivity contribution in [3.63, 3.8) is 0 Å². The van der Waals surface area contributed by atoms with Crippen LogP contribution < -0.4 is 15.5 Å². The molecule has 0 bridgehead atoms. The summed E-state index contributed by atoms with van der Waals surface area (Å²) in [6.07, 6.45) is 16.4. The molecule has 1 aromatic heterocycles. The van der Waals surface area contributed by atoms with Gasteiger partial charge in [-0.1, -0.05) is 24.3 Å². The van der Waals surface area contributed by atoms with Gasteiger partial charge in [0.05, 0.1) is 5.69 Å². The van der Waals surface area contributed by atoms with E-state index in [9.17, 15) is 4.79 Å². The van der Waals surface area contributed by atoms with Crippen LogP contribution in [0.2, 0.25) is 0 Å². The van der Waals surface area contributed by atoms with E-state index < -0.39 is 0 Å². The molecule has 1 unspecified atom stereocenters. The van der Waals surface area contributed by atoms with Crippen molar-refractivity contribution >= 4 is 23.1 Å². The molecule has 7 heteroatoms. The van der Waals surface area contributed by atoms with Gasteiger partial charge in [-0.25, -0.2) is 15.0 Å². The number of rotatable bonds is 4. The Labute approximate surface area is 172 Å². The highest BCUT2D eigenvalue weighted by Gasteiger charge is 2.21. The van der Waals surface area contributed by atoms with E-state index in [2.05, 4.69) is 43.5 Å². The lowest BCUT2D eigenvalue weighted by molar-refractivity contribution is -0.115. The van der Waals surface area contributed by atoms with E-state index >= 15 is 0 Å². The van der Waals surface area contributed by atoms with Crippen molar-refractivity contribution < 1.29 is 4.79 Å². The predicted molar refractivity (Wildman–Crippen MR) is 118 cm³/mol. The summed E-state index contributed by atoms with van der Waals surface area (Å²) in [7, 11) is 0. The van der Waals surface area contributed by atoms with Gasteiger partial charge in [0, 0.05) is 18.3 Å². The summed E-state index contributed by atoms with van der Waals surface area (Å²) in [5.41, 5.74) is 1.80. The summed E-state index contributed by atoms with van der Waals surface area (Å²) in [6.45, 7) is 7.64. The lowest BCUT2D eigenvalue weighted by atomic mass is 10.1. The van der Waals surface area contributed by atoms with E-state index in [4.69, 9.17) is 0 Å². The Kier molecular flexibility index (Phi) is 7.30. The maximum Gasteiger partial charge on any atom is 0.265 e. The zero-order valence-corrected chi connectivity index (χ0v) is 17.4.